The summed E-state index contributed by atoms with van der Waals surface area (Å²) in [7, 11) is 0. The number of nitrogens with zero attached hydrogens (tertiary/aromatic N) is 1. The molecule has 0 bridgehead atoms. The number of hydrogen-bond acceptors (Lipinski definition) is 2. The van der Waals surface area contributed by atoms with Crippen LogP contribution < -0.4 is 0 Å². The molecule has 1 N–H and O–H groups in total. The van der Waals surface area contributed by atoms with Crippen molar-refractivity contribution < 1.29 is 5.11 Å². The van der Waals surface area contributed by atoms with E-state index in [4.69, 9.17) is 5.26 Å². The maximum atomic E-state index is 9.59. The van der Waals surface area contributed by atoms with Gasteiger partial charge in [-0.1, -0.05) is 12.2 Å². The lowest BCUT2D eigenvalue weighted by Crippen LogP contribution is -2.32. The van der Waals surface area contributed by atoms with E-state index >= 15 is 0 Å². The Kier molecular flexibility index (Phi) is 4.31. The molecule has 66 valence electrons. The van der Waals surface area contributed by atoms with Crippen LogP contribution in [-0.4, -0.2) is 10.7 Å². The third kappa shape index (κ3) is 2.89. The summed E-state index contributed by atoms with van der Waals surface area (Å²) in [5, 5.41) is 18.2. The van der Waals surface area contributed by atoms with Gasteiger partial charge in [0.1, 0.15) is 0 Å². The van der Waals surface area contributed by atoms with Gasteiger partial charge >= 0.3 is 0 Å². The molecule has 0 amide bonds. The van der Waals surface area contributed by atoms with Crippen LogP contribution in [0.25, 0.3) is 0 Å². The molecule has 2 heteroatoms. The summed E-state index contributed by atoms with van der Waals surface area (Å²) in [4.78, 5) is 0. The molecule has 0 heterocycles. The maximum Gasteiger partial charge on any atom is 0.151 e. The molecule has 0 spiro atoms. The van der Waals surface area contributed by atoms with Gasteiger partial charge in [-0.2, -0.15) is 5.26 Å². The third-order valence-corrected chi connectivity index (χ3v) is 1.92. The van der Waals surface area contributed by atoms with Gasteiger partial charge in [0.05, 0.1) is 6.07 Å². The first-order valence-electron chi connectivity index (χ1n) is 3.94. The number of allylic oxidation sites excluding steroid dienone is 2. The number of rotatable bonds is 5. The Labute approximate surface area is 73.8 Å². The average molecular weight is 165 g/mol. The van der Waals surface area contributed by atoms with Crippen molar-refractivity contribution in [2.24, 2.45) is 5.92 Å². The lowest BCUT2D eigenvalue weighted by molar-refractivity contribution is 0.0561. The summed E-state index contributed by atoms with van der Waals surface area (Å²) in [6.45, 7) is 8.67. The van der Waals surface area contributed by atoms with Crippen molar-refractivity contribution in [3.8, 4) is 6.07 Å². The quantitative estimate of drug-likeness (QED) is 0.500. The van der Waals surface area contributed by atoms with E-state index in [0.717, 1.165) is 0 Å². The number of hydrogen-bond donors (Lipinski definition) is 1. The Morgan fingerprint density at radius 2 is 1.92 bits per heavy atom. The fourth-order valence-electron chi connectivity index (χ4n) is 1.05. The van der Waals surface area contributed by atoms with Gasteiger partial charge in [0.25, 0.3) is 0 Å². The fourth-order valence-corrected chi connectivity index (χ4v) is 1.05. The summed E-state index contributed by atoms with van der Waals surface area (Å²) in [6.07, 6.45) is 4.68. The van der Waals surface area contributed by atoms with Crippen LogP contribution in [0.2, 0.25) is 0 Å². The molecular formula is C10H15NO. The Morgan fingerprint density at radius 3 is 2.17 bits per heavy atom. The Morgan fingerprint density at radius 1 is 1.50 bits per heavy atom. The summed E-state index contributed by atoms with van der Waals surface area (Å²) < 4.78 is 0. The minimum atomic E-state index is -1.28. The van der Waals surface area contributed by atoms with Crippen LogP contribution in [0.3, 0.4) is 0 Å². The summed E-state index contributed by atoms with van der Waals surface area (Å²) in [5.41, 5.74) is -1.28. The minimum absolute atomic E-state index is 0.0995. The molecule has 0 radical (unpaired) electrons. The van der Waals surface area contributed by atoms with E-state index in [1.165, 1.54) is 6.92 Å². The molecule has 0 aromatic rings. The molecule has 0 aliphatic rings. The molecule has 0 aromatic heterocycles. The van der Waals surface area contributed by atoms with E-state index in [9.17, 15) is 5.11 Å². The van der Waals surface area contributed by atoms with Crippen LogP contribution in [0.15, 0.2) is 25.3 Å². The van der Waals surface area contributed by atoms with Gasteiger partial charge in [-0.3, -0.25) is 0 Å². The second-order valence-electron chi connectivity index (χ2n) is 3.01. The van der Waals surface area contributed by atoms with Gasteiger partial charge in [0.15, 0.2) is 5.60 Å². The lowest BCUT2D eigenvalue weighted by Gasteiger charge is -2.24. The van der Waals surface area contributed by atoms with E-state index < -0.39 is 5.60 Å². The standard InChI is InChI=1S/C10H15NO/c1-4-6-9(7-5-2)10(3,12)8-11/h4-5,9,12H,1-2,6-7H2,3H3/t10-/m0/s1. The second-order valence-corrected chi connectivity index (χ2v) is 3.01. The van der Waals surface area contributed by atoms with Crippen molar-refractivity contribution in [2.45, 2.75) is 25.4 Å². The molecule has 0 saturated carbocycles. The average Bonchev–Trinajstić information content (AvgIpc) is 2.04. The molecule has 0 fully saturated rings. The number of aliphatic hydroxyl groups is 1. The van der Waals surface area contributed by atoms with Crippen molar-refractivity contribution >= 4 is 0 Å². The van der Waals surface area contributed by atoms with Crippen LogP contribution in [-0.2, 0) is 0 Å². The van der Waals surface area contributed by atoms with Gasteiger partial charge in [-0.25, -0.2) is 0 Å². The summed E-state index contributed by atoms with van der Waals surface area (Å²) in [6, 6.07) is 1.87. The minimum Gasteiger partial charge on any atom is -0.375 e. The predicted octanol–water partition coefficient (Wildman–Crippen LogP) is 2.03. The van der Waals surface area contributed by atoms with E-state index in [0.29, 0.717) is 12.8 Å². The van der Waals surface area contributed by atoms with Gasteiger partial charge < -0.3 is 5.11 Å². The topological polar surface area (TPSA) is 44.0 Å². The highest BCUT2D eigenvalue weighted by Crippen LogP contribution is 2.23. The Hall–Kier alpha value is -1.07. The normalized spacial score (nSPS) is 14.8. The first-order chi connectivity index (χ1) is 5.58. The van der Waals surface area contributed by atoms with E-state index in [1.807, 2.05) is 6.07 Å². The highest BCUT2D eigenvalue weighted by atomic mass is 16.3. The monoisotopic (exact) mass is 165 g/mol. The van der Waals surface area contributed by atoms with Crippen molar-refractivity contribution in [3.63, 3.8) is 0 Å². The second kappa shape index (κ2) is 4.74. The highest BCUT2D eigenvalue weighted by molar-refractivity contribution is 5.04. The van der Waals surface area contributed by atoms with Gasteiger partial charge in [-0.05, 0) is 19.8 Å². The summed E-state index contributed by atoms with van der Waals surface area (Å²) in [5.74, 6) is -0.0995. The van der Waals surface area contributed by atoms with Crippen LogP contribution in [0.4, 0.5) is 0 Å². The molecular weight excluding hydrogens is 150 g/mol. The number of nitriles is 1. The van der Waals surface area contributed by atoms with Gasteiger partial charge in [0.2, 0.25) is 0 Å². The van der Waals surface area contributed by atoms with Gasteiger partial charge in [0, 0.05) is 5.92 Å². The van der Waals surface area contributed by atoms with Crippen LogP contribution in [0.5, 0.6) is 0 Å². The van der Waals surface area contributed by atoms with Crippen LogP contribution in [0.1, 0.15) is 19.8 Å². The zero-order chi connectivity index (χ0) is 9.61. The Balaban J connectivity index is 4.38. The Bertz CT molecular complexity index is 190. The summed E-state index contributed by atoms with van der Waals surface area (Å²) >= 11 is 0. The zero-order valence-electron chi connectivity index (χ0n) is 7.45. The molecule has 1 atom stereocenters. The molecule has 0 aliphatic carbocycles. The molecule has 0 saturated heterocycles. The van der Waals surface area contributed by atoms with Crippen molar-refractivity contribution in [1.82, 2.24) is 0 Å². The SMILES string of the molecule is C=CCC(CC=C)[C@@](C)(O)C#N. The van der Waals surface area contributed by atoms with Crippen molar-refractivity contribution in [3.05, 3.63) is 25.3 Å². The molecule has 0 aromatic carbocycles. The highest BCUT2D eigenvalue weighted by Gasteiger charge is 2.29. The largest absolute Gasteiger partial charge is 0.375 e. The van der Waals surface area contributed by atoms with Crippen molar-refractivity contribution in [1.29, 1.82) is 5.26 Å². The predicted molar refractivity (Wildman–Crippen MR) is 49.4 cm³/mol. The van der Waals surface area contributed by atoms with Crippen LogP contribution >= 0.6 is 0 Å². The van der Waals surface area contributed by atoms with Gasteiger partial charge in [-0.15, -0.1) is 13.2 Å². The fraction of sp³-hybridized carbons (Fsp3) is 0.500. The lowest BCUT2D eigenvalue weighted by atomic mass is 9.85. The molecule has 0 unspecified atom stereocenters. The smallest absolute Gasteiger partial charge is 0.151 e. The van der Waals surface area contributed by atoms with Crippen molar-refractivity contribution in [2.75, 3.05) is 0 Å². The zero-order valence-corrected chi connectivity index (χ0v) is 7.45. The van der Waals surface area contributed by atoms with E-state index in [2.05, 4.69) is 13.2 Å². The maximum absolute atomic E-state index is 9.59. The molecule has 0 rings (SSSR count). The third-order valence-electron chi connectivity index (χ3n) is 1.92. The van der Waals surface area contributed by atoms with Crippen LogP contribution in [0, 0.1) is 17.2 Å². The first kappa shape index (κ1) is 10.9. The van der Waals surface area contributed by atoms with E-state index in [-0.39, 0.29) is 5.92 Å². The molecule has 2 nitrogen and oxygen atoms in total. The first-order valence-corrected chi connectivity index (χ1v) is 3.94. The molecule has 0 aliphatic heterocycles. The molecule has 12 heavy (non-hydrogen) atoms. The van der Waals surface area contributed by atoms with E-state index in [1.54, 1.807) is 12.2 Å².